The monoisotopic (exact) mass is 210 g/mol. The summed E-state index contributed by atoms with van der Waals surface area (Å²) in [6, 6.07) is 5.42. The fraction of sp³-hybridized carbons (Fsp3) is 0.300. The molecule has 3 N–H and O–H groups in total. The topological polar surface area (TPSA) is 55.1 Å². The van der Waals surface area contributed by atoms with E-state index in [0.29, 0.717) is 18.0 Å². The van der Waals surface area contributed by atoms with Gasteiger partial charge in [-0.1, -0.05) is 11.6 Å². The van der Waals surface area contributed by atoms with Crippen molar-refractivity contribution in [2.24, 2.45) is 5.73 Å². The SMILES string of the molecule is NCC[C@H]1C(=O)Nc2ccc(Cl)cc21. The predicted octanol–water partition coefficient (Wildman–Crippen LogP) is 1.72. The maximum absolute atomic E-state index is 11.5. The number of amides is 1. The van der Waals surface area contributed by atoms with Crippen molar-refractivity contribution >= 4 is 23.2 Å². The van der Waals surface area contributed by atoms with Crippen molar-refractivity contribution in [3.05, 3.63) is 28.8 Å². The summed E-state index contributed by atoms with van der Waals surface area (Å²) < 4.78 is 0. The Morgan fingerprint density at radius 3 is 3.00 bits per heavy atom. The Balaban J connectivity index is 2.39. The lowest BCUT2D eigenvalue weighted by Gasteiger charge is -2.06. The smallest absolute Gasteiger partial charge is 0.232 e. The van der Waals surface area contributed by atoms with Gasteiger partial charge in [-0.2, -0.15) is 0 Å². The minimum absolute atomic E-state index is 0.0210. The lowest BCUT2D eigenvalue weighted by molar-refractivity contribution is -0.117. The Bertz CT molecular complexity index is 378. The average molecular weight is 211 g/mol. The highest BCUT2D eigenvalue weighted by molar-refractivity contribution is 6.31. The molecule has 2 rings (SSSR count). The molecular weight excluding hydrogens is 200 g/mol. The molecule has 1 aliphatic heterocycles. The minimum atomic E-state index is -0.131. The summed E-state index contributed by atoms with van der Waals surface area (Å²) in [6.45, 7) is 0.504. The largest absolute Gasteiger partial charge is 0.330 e. The van der Waals surface area contributed by atoms with Gasteiger partial charge in [-0.05, 0) is 36.7 Å². The van der Waals surface area contributed by atoms with Gasteiger partial charge in [0.25, 0.3) is 0 Å². The van der Waals surface area contributed by atoms with E-state index < -0.39 is 0 Å². The van der Waals surface area contributed by atoms with Gasteiger partial charge in [0, 0.05) is 10.7 Å². The van der Waals surface area contributed by atoms with E-state index >= 15 is 0 Å². The molecule has 0 aliphatic carbocycles. The first kappa shape index (κ1) is 9.49. The van der Waals surface area contributed by atoms with Gasteiger partial charge in [-0.3, -0.25) is 4.79 Å². The average Bonchev–Trinajstić information content (AvgIpc) is 2.45. The molecule has 0 saturated heterocycles. The van der Waals surface area contributed by atoms with Crippen molar-refractivity contribution in [1.29, 1.82) is 0 Å². The molecule has 74 valence electrons. The standard InChI is InChI=1S/C10H11ClN2O/c11-6-1-2-9-8(5-6)7(3-4-12)10(14)13-9/h1-2,5,7H,3-4,12H2,(H,13,14)/t7-/m1/s1. The number of carbonyl (C=O) groups is 1. The first-order valence-electron chi connectivity index (χ1n) is 4.52. The molecule has 1 aromatic rings. The van der Waals surface area contributed by atoms with Gasteiger partial charge >= 0.3 is 0 Å². The van der Waals surface area contributed by atoms with Crippen LogP contribution in [0.15, 0.2) is 18.2 Å². The molecule has 4 heteroatoms. The number of nitrogens with two attached hydrogens (primary N) is 1. The van der Waals surface area contributed by atoms with Crippen LogP contribution in [0, 0.1) is 0 Å². The first-order valence-corrected chi connectivity index (χ1v) is 4.90. The van der Waals surface area contributed by atoms with Crippen LogP contribution < -0.4 is 11.1 Å². The van der Waals surface area contributed by atoms with Gasteiger partial charge in [0.05, 0.1) is 5.92 Å². The van der Waals surface area contributed by atoms with Crippen LogP contribution in [0.4, 0.5) is 5.69 Å². The van der Waals surface area contributed by atoms with E-state index in [1.54, 1.807) is 6.07 Å². The van der Waals surface area contributed by atoms with E-state index in [1.807, 2.05) is 12.1 Å². The zero-order valence-electron chi connectivity index (χ0n) is 7.59. The molecule has 0 radical (unpaired) electrons. The number of hydrogen-bond donors (Lipinski definition) is 2. The second-order valence-electron chi connectivity index (χ2n) is 3.35. The number of benzene rings is 1. The van der Waals surface area contributed by atoms with Gasteiger partial charge in [-0.15, -0.1) is 0 Å². The number of fused-ring (bicyclic) bond motifs is 1. The second-order valence-corrected chi connectivity index (χ2v) is 3.79. The molecule has 0 spiro atoms. The summed E-state index contributed by atoms with van der Waals surface area (Å²) in [7, 11) is 0. The normalized spacial score (nSPS) is 19.3. The van der Waals surface area contributed by atoms with E-state index in [2.05, 4.69) is 5.32 Å². The molecule has 0 fully saturated rings. The molecular formula is C10H11ClN2O. The maximum Gasteiger partial charge on any atom is 0.232 e. The van der Waals surface area contributed by atoms with Gasteiger partial charge in [0.2, 0.25) is 5.91 Å². The molecule has 1 amide bonds. The summed E-state index contributed by atoms with van der Waals surface area (Å²) in [5.74, 6) is -0.110. The molecule has 14 heavy (non-hydrogen) atoms. The van der Waals surface area contributed by atoms with Gasteiger partial charge in [0.15, 0.2) is 0 Å². The van der Waals surface area contributed by atoms with Crippen LogP contribution in [-0.4, -0.2) is 12.5 Å². The van der Waals surface area contributed by atoms with Crippen molar-refractivity contribution < 1.29 is 4.79 Å². The van der Waals surface area contributed by atoms with E-state index in [1.165, 1.54) is 0 Å². The van der Waals surface area contributed by atoms with E-state index in [0.717, 1.165) is 11.3 Å². The van der Waals surface area contributed by atoms with E-state index in [-0.39, 0.29) is 11.8 Å². The van der Waals surface area contributed by atoms with Crippen LogP contribution >= 0.6 is 11.6 Å². The fourth-order valence-electron chi connectivity index (χ4n) is 1.75. The summed E-state index contributed by atoms with van der Waals surface area (Å²) in [5.41, 5.74) is 7.28. The molecule has 1 heterocycles. The number of carbonyl (C=O) groups excluding carboxylic acids is 1. The van der Waals surface area contributed by atoms with Crippen molar-refractivity contribution in [2.45, 2.75) is 12.3 Å². The summed E-state index contributed by atoms with van der Waals surface area (Å²) in [6.07, 6.45) is 0.666. The third kappa shape index (κ3) is 1.49. The van der Waals surface area contributed by atoms with Gasteiger partial charge < -0.3 is 11.1 Å². The van der Waals surface area contributed by atoms with Gasteiger partial charge in [0.1, 0.15) is 0 Å². The Hall–Kier alpha value is -1.06. The molecule has 0 aromatic heterocycles. The van der Waals surface area contributed by atoms with Gasteiger partial charge in [-0.25, -0.2) is 0 Å². The Morgan fingerprint density at radius 2 is 2.29 bits per heavy atom. The molecule has 1 aromatic carbocycles. The molecule has 3 nitrogen and oxygen atoms in total. The Kier molecular flexibility index (Phi) is 2.44. The highest BCUT2D eigenvalue weighted by atomic mass is 35.5. The van der Waals surface area contributed by atoms with Crippen molar-refractivity contribution in [1.82, 2.24) is 0 Å². The van der Waals surface area contributed by atoms with Crippen LogP contribution in [0.25, 0.3) is 0 Å². The molecule has 0 saturated carbocycles. The van der Waals surface area contributed by atoms with E-state index in [4.69, 9.17) is 17.3 Å². The number of rotatable bonds is 2. The summed E-state index contributed by atoms with van der Waals surface area (Å²) >= 11 is 5.87. The summed E-state index contributed by atoms with van der Waals surface area (Å²) in [5, 5.41) is 3.46. The molecule has 1 atom stereocenters. The highest BCUT2D eigenvalue weighted by Gasteiger charge is 2.29. The quantitative estimate of drug-likeness (QED) is 0.781. The Morgan fingerprint density at radius 1 is 1.50 bits per heavy atom. The number of halogens is 1. The fourth-order valence-corrected chi connectivity index (χ4v) is 1.93. The zero-order valence-corrected chi connectivity index (χ0v) is 8.34. The van der Waals surface area contributed by atoms with Crippen molar-refractivity contribution in [2.75, 3.05) is 11.9 Å². The third-order valence-electron chi connectivity index (χ3n) is 2.42. The molecule has 0 bridgehead atoms. The number of nitrogens with one attached hydrogen (secondary N) is 1. The van der Waals surface area contributed by atoms with Crippen molar-refractivity contribution in [3.63, 3.8) is 0 Å². The maximum atomic E-state index is 11.5. The highest BCUT2D eigenvalue weighted by Crippen LogP contribution is 2.35. The van der Waals surface area contributed by atoms with Crippen LogP contribution in [0.5, 0.6) is 0 Å². The van der Waals surface area contributed by atoms with Crippen LogP contribution in [-0.2, 0) is 4.79 Å². The predicted molar refractivity (Wildman–Crippen MR) is 56.5 cm³/mol. The van der Waals surface area contributed by atoms with Crippen molar-refractivity contribution in [3.8, 4) is 0 Å². The van der Waals surface area contributed by atoms with Crippen LogP contribution in [0.3, 0.4) is 0 Å². The second kappa shape index (κ2) is 3.59. The Labute approximate surface area is 87.2 Å². The molecule has 1 aliphatic rings. The lowest BCUT2D eigenvalue weighted by atomic mass is 9.97. The van der Waals surface area contributed by atoms with Crippen LogP contribution in [0.2, 0.25) is 5.02 Å². The lowest BCUT2D eigenvalue weighted by Crippen LogP contribution is -2.15. The third-order valence-corrected chi connectivity index (χ3v) is 2.65. The summed E-state index contributed by atoms with van der Waals surface area (Å²) in [4.78, 5) is 11.5. The zero-order chi connectivity index (χ0) is 10.1. The van der Waals surface area contributed by atoms with E-state index in [9.17, 15) is 4.79 Å². The van der Waals surface area contributed by atoms with Crippen LogP contribution in [0.1, 0.15) is 17.9 Å². The minimum Gasteiger partial charge on any atom is -0.330 e. The molecule has 0 unspecified atom stereocenters. The number of anilines is 1. The first-order chi connectivity index (χ1) is 6.72. The number of hydrogen-bond acceptors (Lipinski definition) is 2.